The number of hydrogen-bond donors (Lipinski definition) is 2. The number of methoxy groups -OCH3 is 1. The summed E-state index contributed by atoms with van der Waals surface area (Å²) in [6.07, 6.45) is -0.934. The number of alkyl halides is 3. The van der Waals surface area contributed by atoms with Crippen LogP contribution in [0.3, 0.4) is 0 Å². The number of alkyl carbamates (subject to hydrolysis) is 1. The molecule has 0 aliphatic heterocycles. The van der Waals surface area contributed by atoms with E-state index in [-0.39, 0.29) is 29.0 Å². The molecule has 4 aromatic heterocycles. The van der Waals surface area contributed by atoms with E-state index in [1.165, 1.54) is 30.0 Å². The summed E-state index contributed by atoms with van der Waals surface area (Å²) < 4.78 is 70.3. The molecule has 37 heavy (non-hydrogen) atoms. The summed E-state index contributed by atoms with van der Waals surface area (Å²) in [6.45, 7) is -2.77. The number of halogens is 3. The highest BCUT2D eigenvalue weighted by atomic mass is 19.4. The highest BCUT2D eigenvalue weighted by molar-refractivity contribution is 5.79. The Morgan fingerprint density at radius 2 is 2.05 bits per heavy atom. The van der Waals surface area contributed by atoms with Gasteiger partial charge < -0.3 is 15.4 Å². The van der Waals surface area contributed by atoms with Crippen LogP contribution >= 0.6 is 0 Å². The largest absolute Gasteiger partial charge is 0.453 e. The van der Waals surface area contributed by atoms with Crippen LogP contribution in [0.5, 0.6) is 0 Å². The Kier molecular flexibility index (Phi) is 5.20. The third-order valence-corrected chi connectivity index (χ3v) is 6.17. The van der Waals surface area contributed by atoms with Crippen molar-refractivity contribution in [1.29, 1.82) is 0 Å². The van der Waals surface area contributed by atoms with Crippen molar-refractivity contribution < 1.29 is 26.8 Å². The van der Waals surface area contributed by atoms with E-state index in [0.717, 1.165) is 10.9 Å². The van der Waals surface area contributed by atoms with Crippen molar-refractivity contribution in [3.63, 3.8) is 0 Å². The molecule has 4 aromatic rings. The Hall–Kier alpha value is -4.36. The van der Waals surface area contributed by atoms with Gasteiger partial charge in [-0.05, 0) is 31.4 Å². The van der Waals surface area contributed by atoms with Gasteiger partial charge in [-0.25, -0.2) is 24.2 Å². The maximum Gasteiger partial charge on any atom is 0.419 e. The lowest BCUT2D eigenvalue weighted by Gasteiger charge is -2.14. The van der Waals surface area contributed by atoms with Crippen LogP contribution in [0.4, 0.5) is 29.6 Å². The Labute approximate surface area is 212 Å². The van der Waals surface area contributed by atoms with Crippen molar-refractivity contribution in [3.05, 3.63) is 58.9 Å². The van der Waals surface area contributed by atoms with Crippen LogP contribution in [0.1, 0.15) is 35.0 Å². The van der Waals surface area contributed by atoms with Gasteiger partial charge in [0.2, 0.25) is 0 Å². The summed E-state index contributed by atoms with van der Waals surface area (Å²) in [5.41, 5.74) is -1.26. The van der Waals surface area contributed by atoms with Crippen LogP contribution in [-0.4, -0.2) is 48.1 Å². The number of pyridine rings is 2. The molecule has 4 heterocycles. The van der Waals surface area contributed by atoms with E-state index in [9.17, 15) is 22.8 Å². The number of hydrogen-bond acceptors (Lipinski definition) is 7. The molecule has 0 bridgehead atoms. The number of amides is 1. The van der Waals surface area contributed by atoms with E-state index >= 15 is 0 Å². The fraction of sp³-hybridized carbons (Fsp3) is 0.348. The SMILES string of the molecule is [2H]C([2H])([2H])n1c(=O)n([C@@H]2CC[C@@H](NC(=O)OC)C2)c2cc(Nc3cccc(-n4cc(C(F)(F)F)cn4)n3)ncc21. The molecular formula is C23H23F3N8O3. The van der Waals surface area contributed by atoms with Crippen molar-refractivity contribution >= 4 is 28.8 Å². The predicted octanol–water partition coefficient (Wildman–Crippen LogP) is 3.53. The van der Waals surface area contributed by atoms with Gasteiger partial charge in [-0.3, -0.25) is 9.13 Å². The molecule has 0 radical (unpaired) electrons. The highest BCUT2D eigenvalue weighted by Crippen LogP contribution is 2.32. The van der Waals surface area contributed by atoms with Gasteiger partial charge in [0.15, 0.2) is 5.82 Å². The fourth-order valence-corrected chi connectivity index (χ4v) is 4.43. The number of rotatable bonds is 5. The molecule has 1 aliphatic rings. The van der Waals surface area contributed by atoms with Gasteiger partial charge >= 0.3 is 18.0 Å². The highest BCUT2D eigenvalue weighted by Gasteiger charge is 2.32. The first-order valence-corrected chi connectivity index (χ1v) is 11.2. The zero-order valence-electron chi connectivity index (χ0n) is 22.4. The first-order valence-electron chi connectivity index (χ1n) is 12.7. The molecule has 1 amide bonds. The molecule has 14 heteroatoms. The zero-order valence-corrected chi connectivity index (χ0v) is 19.4. The first kappa shape index (κ1) is 20.8. The summed E-state index contributed by atoms with van der Waals surface area (Å²) in [7, 11) is 1.25. The molecule has 0 aromatic carbocycles. The molecule has 1 saturated carbocycles. The Morgan fingerprint density at radius 1 is 1.22 bits per heavy atom. The minimum atomic E-state index is -4.55. The summed E-state index contributed by atoms with van der Waals surface area (Å²) in [5.74, 6) is 0.551. The third kappa shape index (κ3) is 4.73. The number of ether oxygens (including phenoxy) is 1. The van der Waals surface area contributed by atoms with E-state index in [4.69, 9.17) is 4.11 Å². The Morgan fingerprint density at radius 3 is 2.78 bits per heavy atom. The number of anilines is 2. The number of nitrogens with one attached hydrogen (secondary N) is 2. The number of fused-ring (bicyclic) bond motifs is 1. The minimum Gasteiger partial charge on any atom is -0.453 e. The summed E-state index contributed by atoms with van der Waals surface area (Å²) in [4.78, 5) is 33.5. The second kappa shape index (κ2) is 9.26. The fourth-order valence-electron chi connectivity index (χ4n) is 4.43. The zero-order chi connectivity index (χ0) is 28.8. The number of carbonyl (C=O) groups excluding carboxylic acids is 1. The quantitative estimate of drug-likeness (QED) is 0.414. The van der Waals surface area contributed by atoms with Gasteiger partial charge in [-0.2, -0.15) is 18.3 Å². The first-order chi connectivity index (χ1) is 18.8. The molecule has 2 atom stereocenters. The topological polar surface area (TPSA) is 121 Å². The van der Waals surface area contributed by atoms with Crippen molar-refractivity contribution in [2.24, 2.45) is 6.98 Å². The summed E-state index contributed by atoms with van der Waals surface area (Å²) >= 11 is 0. The average molecular weight is 520 g/mol. The van der Waals surface area contributed by atoms with Crippen molar-refractivity contribution in [2.75, 3.05) is 12.4 Å². The van der Waals surface area contributed by atoms with Gasteiger partial charge in [0, 0.05) is 35.4 Å². The molecule has 0 spiro atoms. The van der Waals surface area contributed by atoms with Crippen LogP contribution in [0, 0.1) is 0 Å². The Balaban J connectivity index is 1.49. The Bertz CT molecular complexity index is 1630. The second-order valence-corrected chi connectivity index (χ2v) is 8.52. The predicted molar refractivity (Wildman–Crippen MR) is 127 cm³/mol. The molecular weight excluding hydrogens is 493 g/mol. The van der Waals surface area contributed by atoms with E-state index in [0.29, 0.717) is 35.5 Å². The van der Waals surface area contributed by atoms with Crippen LogP contribution in [0.25, 0.3) is 16.9 Å². The van der Waals surface area contributed by atoms with Crippen molar-refractivity contribution in [1.82, 2.24) is 34.2 Å². The number of aromatic nitrogens is 6. The van der Waals surface area contributed by atoms with Gasteiger partial charge in [0.05, 0.1) is 36.1 Å². The maximum absolute atomic E-state index is 13.4. The van der Waals surface area contributed by atoms with Crippen LogP contribution in [-0.2, 0) is 17.9 Å². The molecule has 1 fully saturated rings. The van der Waals surface area contributed by atoms with E-state index in [2.05, 4.69) is 30.4 Å². The van der Waals surface area contributed by atoms with Gasteiger partial charge in [0.1, 0.15) is 11.6 Å². The lowest BCUT2D eigenvalue weighted by molar-refractivity contribution is -0.137. The van der Waals surface area contributed by atoms with E-state index < -0.39 is 36.5 Å². The normalized spacial score (nSPS) is 19.3. The smallest absolute Gasteiger partial charge is 0.419 e. The van der Waals surface area contributed by atoms with Gasteiger partial charge in [-0.1, -0.05) is 6.07 Å². The van der Waals surface area contributed by atoms with Crippen molar-refractivity contribution in [3.8, 4) is 5.82 Å². The average Bonchev–Trinajstić information content (AvgIpc) is 3.60. The molecule has 2 N–H and O–H groups in total. The molecule has 1 aliphatic carbocycles. The monoisotopic (exact) mass is 519 g/mol. The molecule has 0 saturated heterocycles. The number of carbonyl (C=O) groups is 1. The molecule has 0 unspecified atom stereocenters. The van der Waals surface area contributed by atoms with E-state index in [1.54, 1.807) is 12.1 Å². The van der Waals surface area contributed by atoms with E-state index in [1.807, 2.05) is 0 Å². The summed E-state index contributed by atoms with van der Waals surface area (Å²) in [6, 6.07) is 5.43. The molecule has 5 rings (SSSR count). The van der Waals surface area contributed by atoms with Crippen LogP contribution < -0.4 is 16.3 Å². The number of imidazole rings is 1. The maximum atomic E-state index is 13.4. The van der Waals surface area contributed by atoms with Crippen LogP contribution in [0.15, 0.2) is 47.7 Å². The van der Waals surface area contributed by atoms with Gasteiger partial charge in [-0.15, -0.1) is 0 Å². The standard InChI is InChI=1S/C23H23F3N8O3/c1-32-17-11-27-19(9-16(17)34(22(32)36)15-7-6-14(8-15)29-21(35)37-2)30-18-4-3-5-20(31-18)33-12-13(10-28-33)23(24,25)26/h3-5,9-12,14-15H,6-8H2,1-2H3,(H,29,35)(H,27,30,31)/t14-,15-/m1/s1/i1D3. The van der Waals surface area contributed by atoms with Gasteiger partial charge in [0.25, 0.3) is 0 Å². The minimum absolute atomic E-state index is 0.0952. The molecule has 194 valence electrons. The lowest BCUT2D eigenvalue weighted by Crippen LogP contribution is -2.33. The number of nitrogens with zero attached hydrogens (tertiary/aromatic N) is 6. The summed E-state index contributed by atoms with van der Waals surface area (Å²) in [5, 5.41) is 9.38. The third-order valence-electron chi connectivity index (χ3n) is 6.17. The number of aryl methyl sites for hydroxylation is 1. The van der Waals surface area contributed by atoms with Crippen LogP contribution in [0.2, 0.25) is 0 Å². The second-order valence-electron chi connectivity index (χ2n) is 8.52. The molecule has 11 nitrogen and oxygen atoms in total. The lowest BCUT2D eigenvalue weighted by atomic mass is 10.2. The van der Waals surface area contributed by atoms with Crippen molar-refractivity contribution in [2.45, 2.75) is 37.5 Å².